The van der Waals surface area contributed by atoms with Gasteiger partial charge in [-0.3, -0.25) is 9.58 Å². The molecule has 1 saturated carbocycles. The van der Waals surface area contributed by atoms with Crippen LogP contribution in [0.1, 0.15) is 50.3 Å². The third kappa shape index (κ3) is 14.7. The van der Waals surface area contributed by atoms with Crippen LogP contribution in [0.2, 0.25) is 0 Å². The topological polar surface area (TPSA) is 232 Å². The molecule has 6 rings (SSSR count). The van der Waals surface area contributed by atoms with E-state index in [9.17, 15) is 57.9 Å². The van der Waals surface area contributed by atoms with E-state index < -0.39 is 53.8 Å². The van der Waals surface area contributed by atoms with Crippen LogP contribution in [-0.4, -0.2) is 118 Å². The van der Waals surface area contributed by atoms with E-state index in [4.69, 9.17) is 34.4 Å². The quantitative estimate of drug-likeness (QED) is 0.112. The average Bonchev–Trinajstić information content (AvgIpc) is 3.86. The summed E-state index contributed by atoms with van der Waals surface area (Å²) in [5.74, 6) is -8.25. The molecule has 0 radical (unpaired) electrons. The maximum Gasteiger partial charge on any atom is 0.490 e. The summed E-state index contributed by atoms with van der Waals surface area (Å²) in [6.45, 7) is 4.26. The number of halogens is 12. The number of rotatable bonds is 9. The van der Waals surface area contributed by atoms with Crippen LogP contribution >= 0.6 is 0 Å². The fourth-order valence-corrected chi connectivity index (χ4v) is 6.09. The highest BCUT2D eigenvalue weighted by atomic mass is 19.4. The Balaban J connectivity index is 0.000000416. The van der Waals surface area contributed by atoms with Crippen LogP contribution in [0.25, 0.3) is 22.3 Å². The molecule has 0 spiro atoms. The second-order valence-electron chi connectivity index (χ2n) is 13.5. The van der Waals surface area contributed by atoms with E-state index in [2.05, 4.69) is 41.3 Å². The Hall–Kier alpha value is -6.24. The predicted molar refractivity (Wildman–Crippen MR) is 189 cm³/mol. The van der Waals surface area contributed by atoms with Crippen LogP contribution in [0.3, 0.4) is 0 Å². The highest BCUT2D eigenvalue weighted by molar-refractivity contribution is 5.90. The Morgan fingerprint density at radius 2 is 1.46 bits per heavy atom. The van der Waals surface area contributed by atoms with Gasteiger partial charge in [-0.25, -0.2) is 29.3 Å². The third-order valence-corrected chi connectivity index (χ3v) is 9.01. The number of carboxylic acids is 3. The lowest BCUT2D eigenvalue weighted by molar-refractivity contribution is -0.193. The number of nitriles is 1. The van der Waals surface area contributed by atoms with E-state index >= 15 is 0 Å². The SMILES string of the molecule is CCNCc1cc(O[C@H]2CC[C@@H](N3CC(CC#N)(n4cc(-c5ncnc6[nH]ccc56)cn4)C3)CC2)nc(C(F)(F)F)c1.O=C(O)C(F)(F)F.O=C(O)C(F)(F)F.O=C(O)C(F)(F)F. The summed E-state index contributed by atoms with van der Waals surface area (Å²) < 4.78 is 143. The van der Waals surface area contributed by atoms with Crippen molar-refractivity contribution in [3.05, 3.63) is 54.4 Å². The summed E-state index contributed by atoms with van der Waals surface area (Å²) in [5, 5.41) is 39.6. The number of aliphatic carboxylic acids is 3. The first-order valence-corrected chi connectivity index (χ1v) is 17.9. The number of pyridine rings is 1. The second kappa shape index (κ2) is 20.8. The number of aromatic amines is 1. The summed E-state index contributed by atoms with van der Waals surface area (Å²) in [7, 11) is 0. The maximum absolute atomic E-state index is 13.4. The number of ether oxygens (including phenoxy) is 1. The van der Waals surface area contributed by atoms with Crippen molar-refractivity contribution in [2.45, 2.75) is 88.0 Å². The van der Waals surface area contributed by atoms with E-state index in [0.29, 0.717) is 44.2 Å². The van der Waals surface area contributed by atoms with Gasteiger partial charge in [-0.2, -0.15) is 63.0 Å². The molecular weight excluding hydrogens is 886 g/mol. The molecule has 0 atom stereocenters. The zero-order valence-electron chi connectivity index (χ0n) is 32.2. The van der Waals surface area contributed by atoms with Gasteiger partial charge in [0.2, 0.25) is 5.88 Å². The summed E-state index contributed by atoms with van der Waals surface area (Å²) in [6.07, 6.45) is -9.41. The minimum atomic E-state index is -5.08. The number of carboxylic acid groups (broad SMARTS) is 3. The molecule has 346 valence electrons. The first-order valence-electron chi connectivity index (χ1n) is 17.9. The Morgan fingerprint density at radius 3 is 1.95 bits per heavy atom. The van der Waals surface area contributed by atoms with Gasteiger partial charge in [0.1, 0.15) is 29.3 Å². The molecule has 5 heterocycles. The first-order chi connectivity index (χ1) is 29.1. The maximum atomic E-state index is 13.4. The number of hydrogen-bond acceptors (Lipinski definition) is 11. The summed E-state index contributed by atoms with van der Waals surface area (Å²) in [4.78, 5) is 44.6. The molecule has 0 aromatic carbocycles. The van der Waals surface area contributed by atoms with Crippen LogP contribution < -0.4 is 10.1 Å². The Bertz CT molecular complexity index is 2150. The second-order valence-corrected chi connectivity index (χ2v) is 13.5. The van der Waals surface area contributed by atoms with Crippen molar-refractivity contribution in [1.29, 1.82) is 5.26 Å². The predicted octanol–water partition coefficient (Wildman–Crippen LogP) is 6.56. The summed E-state index contributed by atoms with van der Waals surface area (Å²) >= 11 is 0. The number of carbonyl (C=O) groups is 3. The number of H-pyrrole nitrogens is 1. The fourth-order valence-electron chi connectivity index (χ4n) is 6.09. The van der Waals surface area contributed by atoms with Crippen LogP contribution in [-0.2, 0) is 32.6 Å². The molecule has 63 heavy (non-hydrogen) atoms. The van der Waals surface area contributed by atoms with E-state index in [0.717, 1.165) is 54.0 Å². The fraction of sp³-hybridized carbons (Fsp3) is 0.486. The van der Waals surface area contributed by atoms with E-state index in [1.807, 2.05) is 30.1 Å². The number of nitrogens with zero attached hydrogens (tertiary/aromatic N) is 7. The molecule has 4 aromatic rings. The third-order valence-electron chi connectivity index (χ3n) is 9.01. The first kappa shape index (κ1) is 51.1. The normalized spacial score (nSPS) is 17.6. The van der Waals surface area contributed by atoms with Crippen molar-refractivity contribution in [2.75, 3.05) is 19.6 Å². The smallest absolute Gasteiger partial charge is 0.475 e. The van der Waals surface area contributed by atoms with Gasteiger partial charge < -0.3 is 30.4 Å². The lowest BCUT2D eigenvalue weighted by Crippen LogP contribution is -2.65. The lowest BCUT2D eigenvalue weighted by Gasteiger charge is -2.53. The monoisotopic (exact) mass is 921 g/mol. The van der Waals surface area contributed by atoms with E-state index in [1.165, 1.54) is 6.33 Å². The van der Waals surface area contributed by atoms with Gasteiger partial charge >= 0.3 is 42.6 Å². The molecule has 2 aliphatic rings. The molecule has 0 unspecified atom stereocenters. The number of alkyl halides is 12. The highest BCUT2D eigenvalue weighted by Gasteiger charge is 2.48. The van der Waals surface area contributed by atoms with Crippen molar-refractivity contribution >= 4 is 28.9 Å². The van der Waals surface area contributed by atoms with Gasteiger partial charge in [0.15, 0.2) is 0 Å². The minimum Gasteiger partial charge on any atom is -0.475 e. The molecule has 1 saturated heterocycles. The number of hydrogen-bond donors (Lipinski definition) is 5. The highest BCUT2D eigenvalue weighted by Crippen LogP contribution is 2.39. The molecule has 1 aliphatic heterocycles. The Labute approximate surface area is 346 Å². The van der Waals surface area contributed by atoms with E-state index in [1.54, 1.807) is 12.3 Å². The number of aromatic nitrogens is 6. The number of nitrogens with one attached hydrogen (secondary N) is 2. The minimum absolute atomic E-state index is 0.0215. The van der Waals surface area contributed by atoms with Crippen LogP contribution in [0.15, 0.2) is 43.1 Å². The van der Waals surface area contributed by atoms with Crippen LogP contribution in [0, 0.1) is 11.3 Å². The number of likely N-dealkylation sites (tertiary alicyclic amines) is 1. The Morgan fingerprint density at radius 1 is 0.905 bits per heavy atom. The standard InChI is InChI=1S/C29H32F3N9O.3C2HF3O2/c1-2-34-13-19-11-24(29(30,31)32)39-25(12-19)42-22-5-3-21(4-6-22)40-16-28(17-40,8-9-33)41-15-20(14-38-41)26-23-7-10-35-27(23)37-18-36-26;3*3-2(4,5)1(6)7/h7,10-12,14-15,18,21-22,34H,2-6,8,13,16-17H2,1H3,(H,35,36,37);3*(H,6,7)/t21-,22+;;;. The van der Waals surface area contributed by atoms with Gasteiger partial charge in [-0.15, -0.1) is 0 Å². The summed E-state index contributed by atoms with van der Waals surface area (Å²) in [5.41, 5.74) is 1.55. The van der Waals surface area contributed by atoms with Gasteiger partial charge in [-0.1, -0.05) is 6.92 Å². The molecule has 28 heteroatoms. The zero-order valence-corrected chi connectivity index (χ0v) is 32.2. The van der Waals surface area contributed by atoms with Gasteiger partial charge in [0, 0.05) is 55.1 Å². The van der Waals surface area contributed by atoms with Crippen LogP contribution in [0.5, 0.6) is 5.88 Å². The number of fused-ring (bicyclic) bond motifs is 1. The lowest BCUT2D eigenvalue weighted by atomic mass is 9.82. The molecule has 0 bridgehead atoms. The van der Waals surface area contributed by atoms with Crippen molar-refractivity contribution < 1.29 is 87.1 Å². The van der Waals surface area contributed by atoms with Crippen molar-refractivity contribution in [3.8, 4) is 23.2 Å². The van der Waals surface area contributed by atoms with Gasteiger partial charge in [0.25, 0.3) is 0 Å². The molecule has 1 aliphatic carbocycles. The van der Waals surface area contributed by atoms with Crippen molar-refractivity contribution in [3.63, 3.8) is 0 Å². The molecule has 5 N–H and O–H groups in total. The van der Waals surface area contributed by atoms with Gasteiger partial charge in [-0.05, 0) is 49.9 Å². The molecule has 16 nitrogen and oxygen atoms in total. The molecular formula is C35H35F12N9O7. The average molecular weight is 922 g/mol. The largest absolute Gasteiger partial charge is 0.490 e. The molecule has 4 aromatic heterocycles. The Kier molecular flexibility index (Phi) is 16.8. The van der Waals surface area contributed by atoms with Crippen molar-refractivity contribution in [2.24, 2.45) is 0 Å². The van der Waals surface area contributed by atoms with Crippen molar-refractivity contribution in [1.82, 2.24) is 39.9 Å². The molecule has 2 fully saturated rings. The molecule has 0 amide bonds. The van der Waals surface area contributed by atoms with E-state index in [-0.39, 0.29) is 12.0 Å². The zero-order chi connectivity index (χ0) is 47.6. The van der Waals surface area contributed by atoms with Crippen LogP contribution in [0.4, 0.5) is 52.7 Å². The van der Waals surface area contributed by atoms with Gasteiger partial charge in [0.05, 0.1) is 24.4 Å². The summed E-state index contributed by atoms with van der Waals surface area (Å²) in [6, 6.07) is 7.25.